The Morgan fingerprint density at radius 2 is 2.00 bits per heavy atom. The van der Waals surface area contributed by atoms with Crippen molar-refractivity contribution in [3.63, 3.8) is 0 Å². The maximum Gasteiger partial charge on any atom is 0.260 e. The standard InChI is InChI=1S/C14H13NOS/c16-13-11-8-4-5-9-12(11)14(17)15(13)10-6-2-1-3-7-10/h2,4-6,8-10H,1,3,7H2. The molecule has 1 amide bonds. The molecule has 0 fully saturated rings. The molecule has 1 atom stereocenters. The Hall–Kier alpha value is -1.48. The summed E-state index contributed by atoms with van der Waals surface area (Å²) in [5.41, 5.74) is 1.66. The average molecular weight is 243 g/mol. The molecule has 0 bridgehead atoms. The van der Waals surface area contributed by atoms with E-state index >= 15 is 0 Å². The van der Waals surface area contributed by atoms with Gasteiger partial charge in [-0.3, -0.25) is 9.69 Å². The molecule has 1 unspecified atom stereocenters. The summed E-state index contributed by atoms with van der Waals surface area (Å²) in [6.45, 7) is 0. The number of carbonyl (C=O) groups is 1. The zero-order chi connectivity index (χ0) is 11.8. The second-order valence-electron chi connectivity index (χ2n) is 4.45. The minimum Gasteiger partial charge on any atom is -0.291 e. The first-order valence-electron chi connectivity index (χ1n) is 5.92. The monoisotopic (exact) mass is 243 g/mol. The van der Waals surface area contributed by atoms with E-state index in [0.29, 0.717) is 4.99 Å². The lowest BCUT2D eigenvalue weighted by atomic mass is 10.0. The largest absolute Gasteiger partial charge is 0.291 e. The van der Waals surface area contributed by atoms with Gasteiger partial charge in [-0.1, -0.05) is 42.6 Å². The number of benzene rings is 1. The molecular formula is C14H13NOS. The molecule has 0 spiro atoms. The van der Waals surface area contributed by atoms with Crippen molar-refractivity contribution >= 4 is 23.1 Å². The first-order chi connectivity index (χ1) is 8.29. The number of amides is 1. The van der Waals surface area contributed by atoms with Crippen LogP contribution in [-0.4, -0.2) is 21.8 Å². The third-order valence-electron chi connectivity index (χ3n) is 3.39. The number of hydrogen-bond donors (Lipinski definition) is 0. The fourth-order valence-corrected chi connectivity index (χ4v) is 2.91. The van der Waals surface area contributed by atoms with Crippen LogP contribution in [0.15, 0.2) is 36.4 Å². The lowest BCUT2D eigenvalue weighted by molar-refractivity contribution is 0.0832. The van der Waals surface area contributed by atoms with Crippen molar-refractivity contribution in [1.29, 1.82) is 0 Å². The Morgan fingerprint density at radius 1 is 1.24 bits per heavy atom. The molecular weight excluding hydrogens is 230 g/mol. The van der Waals surface area contributed by atoms with Crippen LogP contribution in [0.5, 0.6) is 0 Å². The van der Waals surface area contributed by atoms with E-state index in [0.717, 1.165) is 30.4 Å². The summed E-state index contributed by atoms with van der Waals surface area (Å²) < 4.78 is 0. The van der Waals surface area contributed by atoms with Crippen LogP contribution < -0.4 is 0 Å². The Kier molecular flexibility index (Phi) is 2.56. The van der Waals surface area contributed by atoms with Gasteiger partial charge in [0.25, 0.3) is 5.91 Å². The van der Waals surface area contributed by atoms with E-state index in [9.17, 15) is 4.79 Å². The molecule has 0 radical (unpaired) electrons. The van der Waals surface area contributed by atoms with Crippen molar-refractivity contribution in [2.24, 2.45) is 0 Å². The van der Waals surface area contributed by atoms with Gasteiger partial charge < -0.3 is 0 Å². The summed E-state index contributed by atoms with van der Waals surface area (Å²) >= 11 is 5.42. The van der Waals surface area contributed by atoms with Crippen LogP contribution in [0.3, 0.4) is 0 Å². The number of carbonyl (C=O) groups excluding carboxylic acids is 1. The highest BCUT2D eigenvalue weighted by Gasteiger charge is 2.36. The topological polar surface area (TPSA) is 20.3 Å². The van der Waals surface area contributed by atoms with Gasteiger partial charge in [-0.05, 0) is 25.3 Å². The van der Waals surface area contributed by atoms with E-state index in [-0.39, 0.29) is 11.9 Å². The van der Waals surface area contributed by atoms with E-state index in [1.54, 1.807) is 4.90 Å². The number of rotatable bonds is 1. The van der Waals surface area contributed by atoms with Crippen LogP contribution in [0, 0.1) is 0 Å². The minimum atomic E-state index is 0.0575. The Labute approximate surface area is 106 Å². The highest BCUT2D eigenvalue weighted by Crippen LogP contribution is 2.28. The molecule has 0 saturated heterocycles. The maximum absolute atomic E-state index is 12.3. The molecule has 0 N–H and O–H groups in total. The molecule has 3 heteroatoms. The molecule has 1 aliphatic heterocycles. The van der Waals surface area contributed by atoms with Gasteiger partial charge in [-0.2, -0.15) is 0 Å². The van der Waals surface area contributed by atoms with Crippen molar-refractivity contribution in [3.05, 3.63) is 47.5 Å². The van der Waals surface area contributed by atoms with Crippen LogP contribution in [-0.2, 0) is 0 Å². The second-order valence-corrected chi connectivity index (χ2v) is 4.84. The Morgan fingerprint density at radius 3 is 2.65 bits per heavy atom. The van der Waals surface area contributed by atoms with Crippen molar-refractivity contribution in [2.45, 2.75) is 25.3 Å². The lowest BCUT2D eigenvalue weighted by Gasteiger charge is -2.27. The molecule has 0 aromatic heterocycles. The summed E-state index contributed by atoms with van der Waals surface area (Å²) in [5.74, 6) is 0.0575. The third kappa shape index (κ3) is 1.62. The van der Waals surface area contributed by atoms with Gasteiger partial charge >= 0.3 is 0 Å². The molecule has 1 aromatic rings. The van der Waals surface area contributed by atoms with E-state index in [4.69, 9.17) is 12.2 Å². The van der Waals surface area contributed by atoms with Crippen molar-refractivity contribution in [2.75, 3.05) is 0 Å². The molecule has 1 aromatic carbocycles. The van der Waals surface area contributed by atoms with E-state index in [1.165, 1.54) is 0 Å². The summed E-state index contributed by atoms with van der Waals surface area (Å²) in [7, 11) is 0. The molecule has 3 rings (SSSR count). The summed E-state index contributed by atoms with van der Waals surface area (Å²) in [6.07, 6.45) is 7.51. The van der Waals surface area contributed by atoms with Crippen molar-refractivity contribution in [1.82, 2.24) is 4.90 Å². The number of allylic oxidation sites excluding steroid dienone is 1. The normalized spacial score (nSPS) is 23.1. The number of hydrogen-bond acceptors (Lipinski definition) is 2. The molecule has 1 heterocycles. The first kappa shape index (κ1) is 10.7. The minimum absolute atomic E-state index is 0.0575. The van der Waals surface area contributed by atoms with Crippen LogP contribution in [0.1, 0.15) is 35.2 Å². The zero-order valence-corrected chi connectivity index (χ0v) is 10.2. The van der Waals surface area contributed by atoms with E-state index < -0.39 is 0 Å². The third-order valence-corrected chi connectivity index (χ3v) is 3.80. The number of fused-ring (bicyclic) bond motifs is 1. The SMILES string of the molecule is O=C1c2ccccc2C(=S)N1C1C=CCCC1. The Bertz CT molecular complexity index is 486. The summed E-state index contributed by atoms with van der Waals surface area (Å²) in [4.78, 5) is 14.8. The summed E-state index contributed by atoms with van der Waals surface area (Å²) in [6, 6.07) is 7.76. The Balaban J connectivity index is 2.00. The van der Waals surface area contributed by atoms with E-state index in [2.05, 4.69) is 12.2 Å². The zero-order valence-electron chi connectivity index (χ0n) is 9.43. The maximum atomic E-state index is 12.3. The fraction of sp³-hybridized carbons (Fsp3) is 0.286. The van der Waals surface area contributed by atoms with Crippen LogP contribution >= 0.6 is 12.2 Å². The predicted octanol–water partition coefficient (Wildman–Crippen LogP) is 2.93. The number of thiocarbonyl (C=S) groups is 1. The average Bonchev–Trinajstić information content (AvgIpc) is 2.64. The van der Waals surface area contributed by atoms with Gasteiger partial charge in [0.2, 0.25) is 0 Å². The van der Waals surface area contributed by atoms with Gasteiger partial charge in [-0.15, -0.1) is 0 Å². The second kappa shape index (κ2) is 4.08. The van der Waals surface area contributed by atoms with Crippen LogP contribution in [0.25, 0.3) is 0 Å². The van der Waals surface area contributed by atoms with Gasteiger partial charge in [0.15, 0.2) is 0 Å². The molecule has 1 aliphatic carbocycles. The molecule has 2 aliphatic rings. The smallest absolute Gasteiger partial charge is 0.260 e. The van der Waals surface area contributed by atoms with Crippen molar-refractivity contribution in [3.8, 4) is 0 Å². The molecule has 2 nitrogen and oxygen atoms in total. The predicted molar refractivity (Wildman–Crippen MR) is 71.1 cm³/mol. The quantitative estimate of drug-likeness (QED) is 0.558. The highest BCUT2D eigenvalue weighted by molar-refractivity contribution is 7.80. The van der Waals surface area contributed by atoms with Crippen molar-refractivity contribution < 1.29 is 4.79 Å². The van der Waals surface area contributed by atoms with Gasteiger partial charge in [0.1, 0.15) is 4.99 Å². The first-order valence-corrected chi connectivity index (χ1v) is 6.33. The van der Waals surface area contributed by atoms with Crippen LogP contribution in [0.4, 0.5) is 0 Å². The van der Waals surface area contributed by atoms with Gasteiger partial charge in [0, 0.05) is 5.56 Å². The molecule has 17 heavy (non-hydrogen) atoms. The fourth-order valence-electron chi connectivity index (χ4n) is 2.52. The molecule has 0 saturated carbocycles. The van der Waals surface area contributed by atoms with Crippen LogP contribution in [0.2, 0.25) is 0 Å². The number of nitrogens with zero attached hydrogens (tertiary/aromatic N) is 1. The summed E-state index contributed by atoms with van der Waals surface area (Å²) in [5, 5.41) is 0. The highest BCUT2D eigenvalue weighted by atomic mass is 32.1. The van der Waals surface area contributed by atoms with E-state index in [1.807, 2.05) is 24.3 Å². The lowest BCUT2D eigenvalue weighted by Crippen LogP contribution is -2.38. The van der Waals surface area contributed by atoms with Gasteiger partial charge in [-0.25, -0.2) is 0 Å². The molecule has 86 valence electrons. The van der Waals surface area contributed by atoms with Gasteiger partial charge in [0.05, 0.1) is 11.6 Å².